The Kier molecular flexibility index (Phi) is 3.62. The summed E-state index contributed by atoms with van der Waals surface area (Å²) in [7, 11) is 1.96. The van der Waals surface area contributed by atoms with Crippen LogP contribution in [0.1, 0.15) is 27.2 Å². The van der Waals surface area contributed by atoms with Gasteiger partial charge in [-0.25, -0.2) is 0 Å². The molecule has 1 saturated heterocycles. The molecule has 0 radical (unpaired) electrons. The molecule has 0 aliphatic carbocycles. The van der Waals surface area contributed by atoms with Gasteiger partial charge in [0, 0.05) is 44.1 Å². The zero-order chi connectivity index (χ0) is 16.8. The van der Waals surface area contributed by atoms with Crippen LogP contribution in [0.5, 0.6) is 0 Å². The van der Waals surface area contributed by atoms with E-state index in [0.717, 1.165) is 18.9 Å². The molecule has 1 fully saturated rings. The molecule has 0 aromatic carbocycles. The number of anilines is 2. The highest BCUT2D eigenvalue weighted by molar-refractivity contribution is 5.79. The molecular formula is C15H23N7O. The summed E-state index contributed by atoms with van der Waals surface area (Å²) in [6.07, 6.45) is 2.11. The highest BCUT2D eigenvalue weighted by Gasteiger charge is 2.36. The Balaban J connectivity index is 1.74. The van der Waals surface area contributed by atoms with Crippen molar-refractivity contribution in [3.05, 3.63) is 12.4 Å². The molecule has 1 aliphatic heterocycles. The minimum atomic E-state index is -0.131. The van der Waals surface area contributed by atoms with Gasteiger partial charge >= 0.3 is 0 Å². The maximum atomic E-state index is 12.2. The molecule has 1 unspecified atom stereocenters. The van der Waals surface area contributed by atoms with E-state index in [4.69, 9.17) is 5.73 Å². The Bertz CT molecular complexity index is 733. The lowest BCUT2D eigenvalue weighted by molar-refractivity contribution is -0.131. The van der Waals surface area contributed by atoms with Crippen LogP contribution in [0, 0.1) is 5.92 Å². The normalized spacial score (nSPS) is 18.9. The first-order chi connectivity index (χ1) is 10.8. The number of nitrogens with two attached hydrogens (primary N) is 1. The zero-order valence-corrected chi connectivity index (χ0v) is 14.0. The van der Waals surface area contributed by atoms with E-state index in [1.165, 1.54) is 6.33 Å². The lowest BCUT2D eigenvalue weighted by Crippen LogP contribution is -2.42. The molecule has 3 rings (SSSR count). The first-order valence-corrected chi connectivity index (χ1v) is 7.73. The summed E-state index contributed by atoms with van der Waals surface area (Å²) in [5, 5.41) is 7.85. The van der Waals surface area contributed by atoms with Crippen molar-refractivity contribution >= 4 is 23.3 Å². The van der Waals surface area contributed by atoms with Crippen molar-refractivity contribution in [3.63, 3.8) is 0 Å². The molecule has 1 aliphatic rings. The zero-order valence-electron chi connectivity index (χ0n) is 14.0. The predicted octanol–water partition coefficient (Wildman–Crippen LogP) is 0.790. The van der Waals surface area contributed by atoms with Crippen LogP contribution in [0.25, 0.3) is 5.65 Å². The van der Waals surface area contributed by atoms with Crippen LogP contribution in [0.2, 0.25) is 0 Å². The van der Waals surface area contributed by atoms with Gasteiger partial charge in [0.05, 0.1) is 0 Å². The first kappa shape index (κ1) is 15.5. The number of nitrogens with zero attached hydrogens (tertiary/aromatic N) is 6. The molecule has 3 heterocycles. The lowest BCUT2D eigenvalue weighted by Gasteiger charge is -2.32. The average molecular weight is 317 g/mol. The molecule has 0 spiro atoms. The minimum Gasteiger partial charge on any atom is -0.369 e. The van der Waals surface area contributed by atoms with Crippen LogP contribution < -0.4 is 10.6 Å². The van der Waals surface area contributed by atoms with Crippen molar-refractivity contribution < 1.29 is 4.79 Å². The number of hydrogen-bond donors (Lipinski definition) is 1. The smallest absolute Gasteiger partial charge is 0.223 e. The number of carbonyl (C=O) groups is 1. The van der Waals surface area contributed by atoms with Crippen LogP contribution in [-0.2, 0) is 4.79 Å². The number of likely N-dealkylation sites (tertiary alicyclic amines) is 1. The Morgan fingerprint density at radius 2 is 2.17 bits per heavy atom. The lowest BCUT2D eigenvalue weighted by atomic mass is 10.1. The summed E-state index contributed by atoms with van der Waals surface area (Å²) in [4.78, 5) is 20.6. The van der Waals surface area contributed by atoms with Gasteiger partial charge in [0.25, 0.3) is 0 Å². The second-order valence-electron chi connectivity index (χ2n) is 7.16. The molecule has 2 N–H and O–H groups in total. The molecule has 1 atom stereocenters. The number of fused-ring (bicyclic) bond motifs is 1. The van der Waals surface area contributed by atoms with Gasteiger partial charge in [0.15, 0.2) is 5.65 Å². The number of hydrogen-bond acceptors (Lipinski definition) is 6. The molecule has 124 valence electrons. The van der Waals surface area contributed by atoms with Crippen LogP contribution in [0.4, 0.5) is 11.8 Å². The van der Waals surface area contributed by atoms with Gasteiger partial charge in [-0.05, 0) is 20.8 Å². The van der Waals surface area contributed by atoms with Gasteiger partial charge in [0.1, 0.15) is 12.1 Å². The largest absolute Gasteiger partial charge is 0.369 e. The van der Waals surface area contributed by atoms with Crippen molar-refractivity contribution in [1.29, 1.82) is 0 Å². The van der Waals surface area contributed by atoms with Gasteiger partial charge in [0.2, 0.25) is 11.9 Å². The molecule has 2 aromatic heterocycles. The molecule has 1 amide bonds. The number of nitrogen functional groups attached to an aromatic ring is 1. The standard InChI is InChI=1S/C15H23N7O/c1-15(2,3)22-8-10(5-13(22)23)7-20(4)11-6-12-19-17-9-21(12)14(16)18-11/h6,9-10H,5,7-8H2,1-4H3,(H2,16,18). The summed E-state index contributed by atoms with van der Waals surface area (Å²) < 4.78 is 1.64. The number of carbonyl (C=O) groups excluding carboxylic acids is 1. The van der Waals surface area contributed by atoms with E-state index in [1.807, 2.05) is 22.9 Å². The second-order valence-corrected chi connectivity index (χ2v) is 7.16. The summed E-state index contributed by atoms with van der Waals surface area (Å²) in [5.74, 6) is 1.60. The Hall–Kier alpha value is -2.38. The molecule has 2 aromatic rings. The first-order valence-electron chi connectivity index (χ1n) is 7.73. The van der Waals surface area contributed by atoms with Crippen molar-refractivity contribution in [2.75, 3.05) is 30.8 Å². The summed E-state index contributed by atoms with van der Waals surface area (Å²) in [6, 6.07) is 1.85. The van der Waals surface area contributed by atoms with Gasteiger partial charge in [-0.3, -0.25) is 9.20 Å². The van der Waals surface area contributed by atoms with Crippen LogP contribution in [0.3, 0.4) is 0 Å². The van der Waals surface area contributed by atoms with E-state index in [2.05, 4.69) is 36.0 Å². The third-order valence-corrected chi connectivity index (χ3v) is 4.25. The Labute approximate surface area is 135 Å². The van der Waals surface area contributed by atoms with Crippen LogP contribution >= 0.6 is 0 Å². The van der Waals surface area contributed by atoms with E-state index in [9.17, 15) is 4.79 Å². The maximum absolute atomic E-state index is 12.2. The summed E-state index contributed by atoms with van der Waals surface area (Å²) >= 11 is 0. The summed E-state index contributed by atoms with van der Waals surface area (Å²) in [6.45, 7) is 7.72. The van der Waals surface area contributed by atoms with Crippen molar-refractivity contribution in [1.82, 2.24) is 24.5 Å². The predicted molar refractivity (Wildman–Crippen MR) is 88.0 cm³/mol. The number of amides is 1. The fourth-order valence-corrected chi connectivity index (χ4v) is 3.07. The minimum absolute atomic E-state index is 0.131. The van der Waals surface area contributed by atoms with E-state index in [1.54, 1.807) is 4.40 Å². The third kappa shape index (κ3) is 2.93. The van der Waals surface area contributed by atoms with Gasteiger partial charge in [-0.15, -0.1) is 10.2 Å². The maximum Gasteiger partial charge on any atom is 0.223 e. The Morgan fingerprint density at radius 3 is 2.83 bits per heavy atom. The van der Waals surface area contributed by atoms with Gasteiger partial charge < -0.3 is 15.5 Å². The van der Waals surface area contributed by atoms with E-state index in [-0.39, 0.29) is 17.4 Å². The van der Waals surface area contributed by atoms with Crippen molar-refractivity contribution in [2.45, 2.75) is 32.7 Å². The molecule has 23 heavy (non-hydrogen) atoms. The third-order valence-electron chi connectivity index (χ3n) is 4.25. The SMILES string of the molecule is CN(CC1CC(=O)N(C(C)(C)C)C1)c1cc2nncn2c(N)n1. The van der Waals surface area contributed by atoms with E-state index >= 15 is 0 Å². The molecular weight excluding hydrogens is 294 g/mol. The highest BCUT2D eigenvalue weighted by atomic mass is 16.2. The van der Waals surface area contributed by atoms with Gasteiger partial charge in [-0.1, -0.05) is 0 Å². The summed E-state index contributed by atoms with van der Waals surface area (Å²) in [5.41, 5.74) is 6.46. The molecule has 0 bridgehead atoms. The molecule has 8 nitrogen and oxygen atoms in total. The van der Waals surface area contributed by atoms with Gasteiger partial charge in [-0.2, -0.15) is 4.98 Å². The molecule has 0 saturated carbocycles. The monoisotopic (exact) mass is 317 g/mol. The number of aromatic nitrogens is 4. The molecule has 8 heteroatoms. The quantitative estimate of drug-likeness (QED) is 0.899. The van der Waals surface area contributed by atoms with Crippen molar-refractivity contribution in [2.24, 2.45) is 5.92 Å². The van der Waals surface area contributed by atoms with Crippen molar-refractivity contribution in [3.8, 4) is 0 Å². The average Bonchev–Trinajstić information content (AvgIpc) is 3.04. The van der Waals surface area contributed by atoms with Crippen LogP contribution in [0.15, 0.2) is 12.4 Å². The fraction of sp³-hybridized carbons (Fsp3) is 0.600. The highest BCUT2D eigenvalue weighted by Crippen LogP contribution is 2.27. The topological polar surface area (TPSA) is 92.7 Å². The van der Waals surface area contributed by atoms with E-state index < -0.39 is 0 Å². The fourth-order valence-electron chi connectivity index (χ4n) is 3.07. The Morgan fingerprint density at radius 1 is 1.43 bits per heavy atom. The number of rotatable bonds is 3. The van der Waals surface area contributed by atoms with Crippen LogP contribution in [-0.4, -0.2) is 56.1 Å². The van der Waals surface area contributed by atoms with E-state index in [0.29, 0.717) is 18.0 Å². The second kappa shape index (κ2) is 5.36.